The molecule has 0 N–H and O–H groups in total. The molecule has 0 bridgehead atoms. The molecule has 0 saturated heterocycles. The summed E-state index contributed by atoms with van der Waals surface area (Å²) in [5.41, 5.74) is 0.550. The van der Waals surface area contributed by atoms with Crippen LogP contribution in [0.25, 0.3) is 0 Å². The summed E-state index contributed by atoms with van der Waals surface area (Å²) in [5, 5.41) is 0. The predicted octanol–water partition coefficient (Wildman–Crippen LogP) is 4.23. The van der Waals surface area contributed by atoms with Gasteiger partial charge in [-0.15, -0.1) is 0 Å². The van der Waals surface area contributed by atoms with E-state index in [1.807, 2.05) is 38.1 Å². The van der Waals surface area contributed by atoms with Crippen LogP contribution in [0.2, 0.25) is 0 Å². The van der Waals surface area contributed by atoms with Gasteiger partial charge in [0, 0.05) is 0 Å². The van der Waals surface area contributed by atoms with E-state index >= 15 is 0 Å². The first-order valence-electron chi connectivity index (χ1n) is 12.8. The molecule has 0 unspecified atom stereocenters. The first kappa shape index (κ1) is 27.9. The van der Waals surface area contributed by atoms with Crippen LogP contribution in [0.4, 0.5) is 0 Å². The second-order valence-corrected chi connectivity index (χ2v) is 9.22. The van der Waals surface area contributed by atoms with Crippen molar-refractivity contribution in [2.75, 3.05) is 28.4 Å². The van der Waals surface area contributed by atoms with Crippen molar-refractivity contribution in [3.63, 3.8) is 0 Å². The molecular weight excluding hydrogens is 504 g/mol. The van der Waals surface area contributed by atoms with Crippen molar-refractivity contribution in [3.05, 3.63) is 59.7 Å². The molecule has 4 atom stereocenters. The van der Waals surface area contributed by atoms with Gasteiger partial charge in [-0.05, 0) is 48.2 Å². The molecule has 0 amide bonds. The first-order chi connectivity index (χ1) is 18.8. The number of rotatable bonds is 10. The highest BCUT2D eigenvalue weighted by atomic mass is 16.6. The van der Waals surface area contributed by atoms with Crippen molar-refractivity contribution in [2.45, 2.75) is 51.0 Å². The van der Waals surface area contributed by atoms with Crippen molar-refractivity contribution < 1.29 is 38.0 Å². The molecule has 0 saturated carbocycles. The Morgan fingerprint density at radius 1 is 0.692 bits per heavy atom. The van der Waals surface area contributed by atoms with E-state index in [9.17, 15) is 9.59 Å². The summed E-state index contributed by atoms with van der Waals surface area (Å²) in [6, 6.07) is 12.6. The Hall–Kier alpha value is -4.08. The number of esters is 2. The van der Waals surface area contributed by atoms with Crippen molar-refractivity contribution >= 4 is 23.7 Å². The van der Waals surface area contributed by atoms with Gasteiger partial charge in [-0.3, -0.25) is 0 Å². The topological polar surface area (TPSA) is 114 Å². The van der Waals surface area contributed by atoms with E-state index in [-0.39, 0.29) is 0 Å². The number of aliphatic imine (C=N–C) groups is 2. The molecule has 2 heterocycles. The van der Waals surface area contributed by atoms with Crippen LogP contribution in [-0.2, 0) is 28.5 Å². The molecule has 10 nitrogen and oxygen atoms in total. The van der Waals surface area contributed by atoms with Gasteiger partial charge in [0.1, 0.15) is 16.9 Å². The van der Waals surface area contributed by atoms with Crippen LogP contribution in [0.5, 0.6) is 11.5 Å². The summed E-state index contributed by atoms with van der Waals surface area (Å²) in [6.07, 6.45) is -0.445. The average molecular weight is 539 g/mol. The lowest BCUT2D eigenvalue weighted by molar-refractivity contribution is -0.144. The van der Waals surface area contributed by atoms with Gasteiger partial charge in [0.05, 0.1) is 28.4 Å². The normalized spacial score (nSPS) is 22.2. The van der Waals surface area contributed by atoms with Gasteiger partial charge in [-0.25, -0.2) is 19.6 Å². The first-order valence-corrected chi connectivity index (χ1v) is 12.8. The van der Waals surface area contributed by atoms with Crippen LogP contribution in [0, 0.1) is 5.41 Å². The second-order valence-electron chi connectivity index (χ2n) is 9.22. The zero-order valence-corrected chi connectivity index (χ0v) is 23.0. The standard InChI is InChI=1S/C29H34N2O8/c1-7-29(8-2,27-30-21(25(32)36-5)23(38-27)17-9-13-19(34-3)14-10-17)28-31-22(26(33)37-6)24(39-28)18-11-15-20(35-4)16-12-18/h9-16,21-24H,7-8H2,1-6H3/t21-,22+,23-,24+. The molecule has 208 valence electrons. The monoisotopic (exact) mass is 538 g/mol. The third-order valence-electron chi connectivity index (χ3n) is 7.36. The van der Waals surface area contributed by atoms with Crippen molar-refractivity contribution in [3.8, 4) is 11.5 Å². The Balaban J connectivity index is 1.72. The molecule has 0 fully saturated rings. The molecule has 2 aliphatic heterocycles. The fourth-order valence-corrected chi connectivity index (χ4v) is 4.92. The van der Waals surface area contributed by atoms with E-state index in [1.54, 1.807) is 38.5 Å². The summed E-state index contributed by atoms with van der Waals surface area (Å²) in [5.74, 6) is 0.921. The largest absolute Gasteiger partial charge is 0.497 e. The fourth-order valence-electron chi connectivity index (χ4n) is 4.92. The molecule has 39 heavy (non-hydrogen) atoms. The molecule has 0 aromatic heterocycles. The van der Waals surface area contributed by atoms with Crippen LogP contribution < -0.4 is 9.47 Å². The fraction of sp³-hybridized carbons (Fsp3) is 0.448. The smallest absolute Gasteiger partial charge is 0.335 e. The Morgan fingerprint density at radius 3 is 1.33 bits per heavy atom. The molecule has 2 aromatic rings. The summed E-state index contributed by atoms with van der Waals surface area (Å²) in [4.78, 5) is 35.0. The van der Waals surface area contributed by atoms with Crippen molar-refractivity contribution in [1.82, 2.24) is 0 Å². The molecule has 2 aliphatic rings. The highest BCUT2D eigenvalue weighted by Crippen LogP contribution is 2.44. The lowest BCUT2D eigenvalue weighted by Gasteiger charge is -2.31. The van der Waals surface area contributed by atoms with E-state index < -0.39 is 41.6 Å². The van der Waals surface area contributed by atoms with Gasteiger partial charge in [0.25, 0.3) is 0 Å². The van der Waals surface area contributed by atoms with Crippen LogP contribution in [-0.4, -0.2) is 64.3 Å². The summed E-state index contributed by atoms with van der Waals surface area (Å²) >= 11 is 0. The minimum Gasteiger partial charge on any atom is -0.497 e. The van der Waals surface area contributed by atoms with Gasteiger partial charge in [0.2, 0.25) is 11.8 Å². The second kappa shape index (κ2) is 11.8. The summed E-state index contributed by atoms with van der Waals surface area (Å²) in [6.45, 7) is 3.92. The SMILES string of the molecule is CCC(CC)(C1=N[C@@H](C(=O)OC)[C@@H](c2ccc(OC)cc2)O1)C1=N[C@H](C(=O)OC)[C@H](c2ccc(OC)cc2)O1. The molecule has 0 aliphatic carbocycles. The number of carbonyl (C=O) groups excluding carboxylic acids is 2. The van der Waals surface area contributed by atoms with Crippen molar-refractivity contribution in [2.24, 2.45) is 15.4 Å². The number of methoxy groups -OCH3 is 4. The minimum absolute atomic E-state index is 0.307. The number of carbonyl (C=O) groups is 2. The molecule has 10 heteroatoms. The summed E-state index contributed by atoms with van der Waals surface area (Å²) in [7, 11) is 5.80. The highest BCUT2D eigenvalue weighted by molar-refractivity contribution is 6.08. The molecular formula is C29H34N2O8. The predicted molar refractivity (Wildman–Crippen MR) is 143 cm³/mol. The quantitative estimate of drug-likeness (QED) is 0.413. The van der Waals surface area contributed by atoms with Crippen LogP contribution in [0.1, 0.15) is 50.0 Å². The Kier molecular flexibility index (Phi) is 8.42. The Labute approximate surface area is 227 Å². The van der Waals surface area contributed by atoms with E-state index in [1.165, 1.54) is 14.2 Å². The Bertz CT molecular complexity index is 1140. The number of ether oxygens (including phenoxy) is 6. The minimum atomic E-state index is -0.930. The zero-order valence-electron chi connectivity index (χ0n) is 23.0. The van der Waals surface area contributed by atoms with Crippen LogP contribution in [0.15, 0.2) is 58.5 Å². The molecule has 4 rings (SSSR count). The number of benzene rings is 2. The maximum atomic E-state index is 12.8. The van der Waals surface area contributed by atoms with E-state index in [0.29, 0.717) is 36.1 Å². The lowest BCUT2D eigenvalue weighted by atomic mass is 9.81. The number of nitrogens with zero attached hydrogens (tertiary/aromatic N) is 2. The van der Waals surface area contributed by atoms with Crippen LogP contribution in [0.3, 0.4) is 0 Å². The molecule has 2 aromatic carbocycles. The van der Waals surface area contributed by atoms with Gasteiger partial charge < -0.3 is 28.4 Å². The maximum absolute atomic E-state index is 12.8. The van der Waals surface area contributed by atoms with E-state index in [0.717, 1.165) is 11.1 Å². The zero-order chi connectivity index (χ0) is 28.2. The molecule has 0 spiro atoms. The average Bonchev–Trinajstić information content (AvgIpc) is 3.64. The third kappa shape index (κ3) is 5.15. The Morgan fingerprint density at radius 2 is 1.05 bits per heavy atom. The van der Waals surface area contributed by atoms with Gasteiger partial charge in [-0.1, -0.05) is 38.1 Å². The van der Waals surface area contributed by atoms with Gasteiger partial charge >= 0.3 is 11.9 Å². The maximum Gasteiger partial charge on any atom is 0.335 e. The number of hydrogen-bond donors (Lipinski definition) is 0. The summed E-state index contributed by atoms with van der Waals surface area (Å²) < 4.78 is 33.5. The van der Waals surface area contributed by atoms with Crippen LogP contribution >= 0.6 is 0 Å². The highest BCUT2D eigenvalue weighted by Gasteiger charge is 2.53. The number of hydrogen-bond acceptors (Lipinski definition) is 10. The van der Waals surface area contributed by atoms with E-state index in [2.05, 4.69) is 0 Å². The lowest BCUT2D eigenvalue weighted by Crippen LogP contribution is -2.39. The van der Waals surface area contributed by atoms with Gasteiger partial charge in [0.15, 0.2) is 24.3 Å². The van der Waals surface area contributed by atoms with Gasteiger partial charge in [-0.2, -0.15) is 0 Å². The van der Waals surface area contributed by atoms with Crippen molar-refractivity contribution in [1.29, 1.82) is 0 Å². The molecule has 0 radical (unpaired) electrons. The third-order valence-corrected chi connectivity index (χ3v) is 7.36. The van der Waals surface area contributed by atoms with E-state index in [4.69, 9.17) is 38.4 Å².